The van der Waals surface area contributed by atoms with Gasteiger partial charge in [-0.3, -0.25) is 9.59 Å². The highest BCUT2D eigenvalue weighted by Crippen LogP contribution is 2.20. The minimum Gasteiger partial charge on any atom is -0.480 e. The van der Waals surface area contributed by atoms with Crippen molar-refractivity contribution in [3.05, 3.63) is 81.1 Å². The number of pyridine rings is 1. The number of halogens is 2. The molecule has 0 unspecified atom stereocenters. The van der Waals surface area contributed by atoms with Gasteiger partial charge in [-0.25, -0.2) is 8.78 Å². The highest BCUT2D eigenvalue weighted by molar-refractivity contribution is 5.81. The molecule has 0 aliphatic heterocycles. The highest BCUT2D eigenvalue weighted by Gasteiger charge is 2.15. The Balaban J connectivity index is 1.94. The van der Waals surface area contributed by atoms with Crippen LogP contribution in [0.25, 0.3) is 10.9 Å². The number of carboxylic acids is 1. The molecule has 0 amide bonds. The molecule has 3 rings (SSSR count). The Morgan fingerprint density at radius 2 is 1.79 bits per heavy atom. The number of aryl methyl sites for hydroxylation is 3. The van der Waals surface area contributed by atoms with Crippen molar-refractivity contribution in [1.82, 2.24) is 9.47 Å². The van der Waals surface area contributed by atoms with E-state index in [4.69, 9.17) is 0 Å². The van der Waals surface area contributed by atoms with Gasteiger partial charge in [0, 0.05) is 17.1 Å². The number of nitrogens with zero attached hydrogens (tertiary/aromatic N) is 2. The number of hydrogen-bond donors (Lipinski definition) is 1. The molecule has 176 valence electrons. The summed E-state index contributed by atoms with van der Waals surface area (Å²) >= 11 is 0. The number of hydrogen-bond acceptors (Lipinski definition) is 3. The molecule has 5 nitrogen and oxygen atoms in total. The Morgan fingerprint density at radius 1 is 1.03 bits per heavy atom. The third-order valence-corrected chi connectivity index (χ3v) is 6.07. The molecular weight excluding hydrogens is 426 g/mol. The molecule has 0 atom stereocenters. The predicted molar refractivity (Wildman–Crippen MR) is 126 cm³/mol. The largest absolute Gasteiger partial charge is 0.480 e. The van der Waals surface area contributed by atoms with Crippen LogP contribution in [-0.2, 0) is 30.6 Å². The second kappa shape index (κ2) is 11.2. The molecule has 2 aromatic carbocycles. The number of aliphatic carboxylic acids is 1. The first-order valence-electron chi connectivity index (χ1n) is 11.4. The van der Waals surface area contributed by atoms with E-state index in [1.54, 1.807) is 10.6 Å². The van der Waals surface area contributed by atoms with Gasteiger partial charge in [-0.15, -0.1) is 0 Å². The van der Waals surface area contributed by atoms with Gasteiger partial charge >= 0.3 is 5.97 Å². The smallest absolute Gasteiger partial charge is 0.323 e. The summed E-state index contributed by atoms with van der Waals surface area (Å²) in [5.41, 5.74) is 2.05. The molecule has 0 aliphatic carbocycles. The molecule has 1 aromatic heterocycles. The van der Waals surface area contributed by atoms with Crippen molar-refractivity contribution in [3.8, 4) is 0 Å². The number of carbonyl (C=O) groups is 1. The van der Waals surface area contributed by atoms with Crippen LogP contribution in [-0.4, -0.2) is 40.2 Å². The van der Waals surface area contributed by atoms with E-state index >= 15 is 0 Å². The lowest BCUT2D eigenvalue weighted by Gasteiger charge is -2.18. The average molecular weight is 457 g/mol. The summed E-state index contributed by atoms with van der Waals surface area (Å²) in [7, 11) is 0. The fourth-order valence-electron chi connectivity index (χ4n) is 4.21. The molecule has 0 spiro atoms. The molecule has 0 saturated carbocycles. The van der Waals surface area contributed by atoms with Crippen molar-refractivity contribution < 1.29 is 18.7 Å². The summed E-state index contributed by atoms with van der Waals surface area (Å²) in [6.07, 6.45) is 2.13. The van der Waals surface area contributed by atoms with Gasteiger partial charge in [0.25, 0.3) is 0 Å². The van der Waals surface area contributed by atoms with Crippen LogP contribution in [0.15, 0.2) is 47.3 Å². The van der Waals surface area contributed by atoms with Crippen molar-refractivity contribution in [2.75, 3.05) is 19.6 Å². The Hall–Kier alpha value is -3.06. The molecule has 7 heteroatoms. The summed E-state index contributed by atoms with van der Waals surface area (Å²) in [4.78, 5) is 26.7. The van der Waals surface area contributed by atoms with E-state index in [0.717, 1.165) is 44.1 Å². The summed E-state index contributed by atoms with van der Waals surface area (Å²) in [5.74, 6) is -2.88. The van der Waals surface area contributed by atoms with Gasteiger partial charge in [-0.1, -0.05) is 32.0 Å². The second-order valence-electron chi connectivity index (χ2n) is 8.17. The van der Waals surface area contributed by atoms with Crippen LogP contribution in [0, 0.1) is 11.6 Å². The fourth-order valence-corrected chi connectivity index (χ4v) is 4.21. The van der Waals surface area contributed by atoms with E-state index in [2.05, 4.69) is 18.7 Å². The normalized spacial score (nSPS) is 11.4. The lowest BCUT2D eigenvalue weighted by Crippen LogP contribution is -2.24. The number of benzene rings is 2. The van der Waals surface area contributed by atoms with Gasteiger partial charge in [-0.2, -0.15) is 0 Å². The molecule has 0 bridgehead atoms. The molecule has 0 radical (unpaired) electrons. The Labute approximate surface area is 192 Å². The van der Waals surface area contributed by atoms with Crippen LogP contribution < -0.4 is 5.43 Å². The van der Waals surface area contributed by atoms with E-state index in [1.165, 1.54) is 18.2 Å². The van der Waals surface area contributed by atoms with Gasteiger partial charge in [0.15, 0.2) is 17.1 Å². The molecule has 0 fully saturated rings. The first-order chi connectivity index (χ1) is 15.8. The maximum atomic E-state index is 14.1. The lowest BCUT2D eigenvalue weighted by molar-refractivity contribution is -0.137. The molecular formula is C26H30F2N2O3. The molecule has 0 saturated heterocycles. The minimum atomic E-state index is -1.04. The monoisotopic (exact) mass is 456 g/mol. The van der Waals surface area contributed by atoms with Gasteiger partial charge in [0.2, 0.25) is 0 Å². The van der Waals surface area contributed by atoms with Crippen molar-refractivity contribution in [1.29, 1.82) is 0 Å². The van der Waals surface area contributed by atoms with Crippen LogP contribution in [0.3, 0.4) is 0 Å². The van der Waals surface area contributed by atoms with E-state index in [0.29, 0.717) is 16.6 Å². The van der Waals surface area contributed by atoms with E-state index in [9.17, 15) is 23.5 Å². The number of carboxylic acid groups (broad SMARTS) is 1. The molecule has 0 aliphatic rings. The lowest BCUT2D eigenvalue weighted by atomic mass is 10.0. The van der Waals surface area contributed by atoms with Crippen LogP contribution in [0.4, 0.5) is 8.78 Å². The minimum absolute atomic E-state index is 0.151. The van der Waals surface area contributed by atoms with Gasteiger partial charge in [-0.05, 0) is 74.6 Å². The summed E-state index contributed by atoms with van der Waals surface area (Å²) in [6, 6.07) is 10.9. The SMILES string of the molecule is CCN(CC)CCCc1ccc2c(=O)cc(CCc3cccc(F)c3F)n(CC(=O)O)c2c1. The third-order valence-electron chi connectivity index (χ3n) is 6.07. The zero-order valence-electron chi connectivity index (χ0n) is 19.1. The standard InChI is InChI=1S/C26H30F2N2O3/c1-3-29(4-2)14-6-7-18-10-13-21-23(15-18)30(17-25(32)33)20(16-24(21)31)12-11-19-8-5-9-22(27)26(19)28/h5,8-10,13,15-16H,3-4,6-7,11-12,14,17H2,1-2H3,(H,32,33). The summed E-state index contributed by atoms with van der Waals surface area (Å²) in [6.45, 7) is 6.87. The maximum absolute atomic E-state index is 14.1. The molecule has 3 aromatic rings. The molecule has 1 heterocycles. The van der Waals surface area contributed by atoms with Crippen molar-refractivity contribution in [2.45, 2.75) is 46.1 Å². The Bertz CT molecular complexity index is 1190. The maximum Gasteiger partial charge on any atom is 0.323 e. The van der Waals surface area contributed by atoms with Crippen molar-refractivity contribution in [2.24, 2.45) is 0 Å². The quantitative estimate of drug-likeness (QED) is 0.464. The number of fused-ring (bicyclic) bond motifs is 1. The Morgan fingerprint density at radius 3 is 2.48 bits per heavy atom. The zero-order valence-corrected chi connectivity index (χ0v) is 19.1. The average Bonchev–Trinajstić information content (AvgIpc) is 2.79. The fraction of sp³-hybridized carbons (Fsp3) is 0.385. The van der Waals surface area contributed by atoms with Crippen molar-refractivity contribution in [3.63, 3.8) is 0 Å². The number of rotatable bonds is 11. The van der Waals surface area contributed by atoms with Crippen LogP contribution in [0.5, 0.6) is 0 Å². The molecule has 33 heavy (non-hydrogen) atoms. The van der Waals surface area contributed by atoms with Gasteiger partial charge < -0.3 is 14.6 Å². The van der Waals surface area contributed by atoms with E-state index in [-0.39, 0.29) is 30.4 Å². The van der Waals surface area contributed by atoms with E-state index < -0.39 is 17.6 Å². The summed E-state index contributed by atoms with van der Waals surface area (Å²) < 4.78 is 29.2. The van der Waals surface area contributed by atoms with Crippen LogP contribution in [0.2, 0.25) is 0 Å². The first kappa shape index (κ1) is 24.6. The Kier molecular flexibility index (Phi) is 8.33. The summed E-state index contributed by atoms with van der Waals surface area (Å²) in [5, 5.41) is 9.95. The second-order valence-corrected chi connectivity index (χ2v) is 8.17. The van der Waals surface area contributed by atoms with Crippen molar-refractivity contribution >= 4 is 16.9 Å². The highest BCUT2D eigenvalue weighted by atomic mass is 19.2. The van der Waals surface area contributed by atoms with Crippen LogP contribution in [0.1, 0.15) is 37.1 Å². The van der Waals surface area contributed by atoms with E-state index in [1.807, 2.05) is 12.1 Å². The number of aromatic nitrogens is 1. The van der Waals surface area contributed by atoms with Crippen LogP contribution >= 0.6 is 0 Å². The van der Waals surface area contributed by atoms with Gasteiger partial charge in [0.05, 0.1) is 5.52 Å². The van der Waals surface area contributed by atoms with Gasteiger partial charge in [0.1, 0.15) is 6.54 Å². The zero-order chi connectivity index (χ0) is 24.0. The molecule has 1 N–H and O–H groups in total. The third kappa shape index (κ3) is 6.05. The topological polar surface area (TPSA) is 62.5 Å². The first-order valence-corrected chi connectivity index (χ1v) is 11.4. The predicted octanol–water partition coefficient (Wildman–Crippen LogP) is 4.42.